The first-order valence-electron chi connectivity index (χ1n) is 5.40. The molecule has 1 aromatic carbocycles. The van der Waals surface area contributed by atoms with Crippen LogP contribution in [0.5, 0.6) is 0 Å². The van der Waals surface area contributed by atoms with E-state index < -0.39 is 0 Å². The molecule has 102 valence electrons. The summed E-state index contributed by atoms with van der Waals surface area (Å²) in [5.41, 5.74) is 2.04. The zero-order valence-corrected chi connectivity index (χ0v) is 12.1. The highest BCUT2D eigenvalue weighted by atomic mass is 35.5. The Hall–Kier alpha value is -1.03. The van der Waals surface area contributed by atoms with Crippen LogP contribution >= 0.6 is 24.8 Å². The third-order valence-corrected chi connectivity index (χ3v) is 2.19. The smallest absolute Gasteiger partial charge is 0.224 e. The lowest BCUT2D eigenvalue weighted by Gasteiger charge is -2.05. The second-order valence-corrected chi connectivity index (χ2v) is 3.60. The first kappa shape index (κ1) is 19.3. The van der Waals surface area contributed by atoms with Gasteiger partial charge >= 0.3 is 0 Å². The van der Waals surface area contributed by atoms with E-state index in [1.54, 1.807) is 6.08 Å². The predicted molar refractivity (Wildman–Crippen MR) is 81.8 cm³/mol. The van der Waals surface area contributed by atoms with Crippen molar-refractivity contribution in [3.05, 3.63) is 42.5 Å². The Morgan fingerprint density at radius 3 is 2.39 bits per heavy atom. The van der Waals surface area contributed by atoms with E-state index in [-0.39, 0.29) is 30.7 Å². The minimum Gasteiger partial charge on any atom is -0.326 e. The van der Waals surface area contributed by atoms with E-state index in [9.17, 15) is 4.79 Å². The molecule has 0 heterocycles. The van der Waals surface area contributed by atoms with E-state index in [0.717, 1.165) is 12.2 Å². The molecule has 1 amide bonds. The van der Waals surface area contributed by atoms with E-state index in [1.807, 2.05) is 31.3 Å². The standard InChI is InChI=1S/C13H18N2O.2ClH/c1-3-4-5-13(16)15-12-8-6-11(7-9-12)10-14-2;;/h3,6-9,14H,1,4-5,10H2,2H3,(H,15,16);2*1H. The van der Waals surface area contributed by atoms with Crippen LogP contribution in [0.15, 0.2) is 36.9 Å². The van der Waals surface area contributed by atoms with Crippen LogP contribution in [0.1, 0.15) is 18.4 Å². The molecule has 0 bridgehead atoms. The van der Waals surface area contributed by atoms with Gasteiger partial charge in [0.25, 0.3) is 0 Å². The SMILES string of the molecule is C=CCCC(=O)Nc1ccc(CNC)cc1.Cl.Cl. The van der Waals surface area contributed by atoms with Crippen molar-refractivity contribution in [2.24, 2.45) is 0 Å². The topological polar surface area (TPSA) is 41.1 Å². The van der Waals surface area contributed by atoms with Crippen LogP contribution in [0.3, 0.4) is 0 Å². The first-order valence-corrected chi connectivity index (χ1v) is 5.40. The van der Waals surface area contributed by atoms with Crippen LogP contribution in [-0.4, -0.2) is 13.0 Å². The number of hydrogen-bond acceptors (Lipinski definition) is 2. The van der Waals surface area contributed by atoms with Gasteiger partial charge in [-0.1, -0.05) is 18.2 Å². The molecule has 0 spiro atoms. The fourth-order valence-corrected chi connectivity index (χ4v) is 1.37. The van der Waals surface area contributed by atoms with Crippen LogP contribution in [0.2, 0.25) is 0 Å². The average Bonchev–Trinajstić information content (AvgIpc) is 2.29. The van der Waals surface area contributed by atoms with Crippen LogP contribution in [0.4, 0.5) is 5.69 Å². The average molecular weight is 291 g/mol. The third kappa shape index (κ3) is 7.33. The largest absolute Gasteiger partial charge is 0.326 e. The molecule has 0 radical (unpaired) electrons. The summed E-state index contributed by atoms with van der Waals surface area (Å²) in [7, 11) is 1.91. The molecule has 1 rings (SSSR count). The normalized spacial score (nSPS) is 8.72. The molecule has 0 aliphatic carbocycles. The van der Waals surface area contributed by atoms with E-state index in [2.05, 4.69) is 17.2 Å². The minimum absolute atomic E-state index is 0. The highest BCUT2D eigenvalue weighted by Crippen LogP contribution is 2.10. The number of carbonyl (C=O) groups is 1. The van der Waals surface area contributed by atoms with Crippen LogP contribution in [0, 0.1) is 0 Å². The van der Waals surface area contributed by atoms with Gasteiger partial charge in [-0.2, -0.15) is 0 Å². The highest BCUT2D eigenvalue weighted by molar-refractivity contribution is 5.90. The number of halogens is 2. The molecular formula is C13H20Cl2N2O. The maximum absolute atomic E-state index is 11.4. The number of nitrogens with one attached hydrogen (secondary N) is 2. The van der Waals surface area contributed by atoms with Gasteiger partial charge in [-0.15, -0.1) is 31.4 Å². The maximum Gasteiger partial charge on any atom is 0.224 e. The second-order valence-electron chi connectivity index (χ2n) is 3.60. The quantitative estimate of drug-likeness (QED) is 0.790. The lowest BCUT2D eigenvalue weighted by molar-refractivity contribution is -0.116. The molecule has 0 aliphatic heterocycles. The third-order valence-electron chi connectivity index (χ3n) is 2.19. The molecule has 5 heteroatoms. The van der Waals surface area contributed by atoms with Gasteiger partial charge in [0.2, 0.25) is 5.91 Å². The van der Waals surface area contributed by atoms with E-state index in [4.69, 9.17) is 0 Å². The molecule has 0 aromatic heterocycles. The van der Waals surface area contributed by atoms with Crippen molar-refractivity contribution in [2.45, 2.75) is 19.4 Å². The molecule has 18 heavy (non-hydrogen) atoms. The van der Waals surface area contributed by atoms with Crippen LogP contribution < -0.4 is 10.6 Å². The van der Waals surface area contributed by atoms with Gasteiger partial charge in [-0.3, -0.25) is 4.79 Å². The molecule has 0 fully saturated rings. The Morgan fingerprint density at radius 1 is 1.28 bits per heavy atom. The van der Waals surface area contributed by atoms with Gasteiger partial charge in [0, 0.05) is 18.7 Å². The van der Waals surface area contributed by atoms with E-state index in [0.29, 0.717) is 12.8 Å². The predicted octanol–water partition coefficient (Wildman–Crippen LogP) is 3.15. The number of hydrogen-bond donors (Lipinski definition) is 2. The Morgan fingerprint density at radius 2 is 1.89 bits per heavy atom. The fraction of sp³-hybridized carbons (Fsp3) is 0.308. The number of rotatable bonds is 6. The summed E-state index contributed by atoms with van der Waals surface area (Å²) in [5.74, 6) is 0.0290. The van der Waals surface area contributed by atoms with Crippen LogP contribution in [0.25, 0.3) is 0 Å². The van der Waals surface area contributed by atoms with Gasteiger partial charge < -0.3 is 10.6 Å². The number of carbonyl (C=O) groups excluding carboxylic acids is 1. The van der Waals surface area contributed by atoms with Gasteiger partial charge in [0.05, 0.1) is 0 Å². The van der Waals surface area contributed by atoms with Crippen molar-refractivity contribution >= 4 is 36.4 Å². The summed E-state index contributed by atoms with van der Waals surface area (Å²) in [4.78, 5) is 11.4. The molecule has 0 atom stereocenters. The summed E-state index contributed by atoms with van der Waals surface area (Å²) < 4.78 is 0. The molecule has 1 aromatic rings. The van der Waals surface area contributed by atoms with E-state index >= 15 is 0 Å². The molecule has 0 saturated heterocycles. The number of anilines is 1. The monoisotopic (exact) mass is 290 g/mol. The van der Waals surface area contributed by atoms with Crippen molar-refractivity contribution in [3.63, 3.8) is 0 Å². The lowest BCUT2D eigenvalue weighted by Crippen LogP contribution is -2.11. The zero-order chi connectivity index (χ0) is 11.8. The second kappa shape index (κ2) is 11.1. The molecular weight excluding hydrogens is 271 g/mol. The van der Waals surface area contributed by atoms with Crippen molar-refractivity contribution < 1.29 is 4.79 Å². The van der Waals surface area contributed by atoms with Gasteiger partial charge in [-0.05, 0) is 31.2 Å². The summed E-state index contributed by atoms with van der Waals surface area (Å²) in [6, 6.07) is 7.83. The van der Waals surface area contributed by atoms with Gasteiger partial charge in [0.15, 0.2) is 0 Å². The van der Waals surface area contributed by atoms with Crippen molar-refractivity contribution in [1.82, 2.24) is 5.32 Å². The number of amides is 1. The molecule has 0 aliphatic rings. The molecule has 3 nitrogen and oxygen atoms in total. The Bertz CT molecular complexity index is 353. The Balaban J connectivity index is 0. The van der Waals surface area contributed by atoms with E-state index in [1.165, 1.54) is 5.56 Å². The van der Waals surface area contributed by atoms with Crippen molar-refractivity contribution in [1.29, 1.82) is 0 Å². The highest BCUT2D eigenvalue weighted by Gasteiger charge is 2.00. The van der Waals surface area contributed by atoms with Crippen molar-refractivity contribution in [2.75, 3.05) is 12.4 Å². The summed E-state index contributed by atoms with van der Waals surface area (Å²) in [6.45, 7) is 4.42. The number of allylic oxidation sites excluding steroid dienone is 1. The molecule has 0 saturated carbocycles. The number of benzene rings is 1. The Labute approximate surface area is 121 Å². The first-order chi connectivity index (χ1) is 7.76. The van der Waals surface area contributed by atoms with Crippen LogP contribution in [-0.2, 0) is 11.3 Å². The molecule has 2 N–H and O–H groups in total. The summed E-state index contributed by atoms with van der Waals surface area (Å²) >= 11 is 0. The minimum atomic E-state index is 0. The zero-order valence-electron chi connectivity index (χ0n) is 10.4. The summed E-state index contributed by atoms with van der Waals surface area (Å²) in [5, 5.41) is 5.91. The van der Waals surface area contributed by atoms with Gasteiger partial charge in [-0.25, -0.2) is 0 Å². The lowest BCUT2D eigenvalue weighted by atomic mass is 10.2. The van der Waals surface area contributed by atoms with Crippen molar-refractivity contribution in [3.8, 4) is 0 Å². The summed E-state index contributed by atoms with van der Waals surface area (Å²) in [6.07, 6.45) is 2.95. The maximum atomic E-state index is 11.4. The molecule has 0 unspecified atom stereocenters. The Kier molecular flexibility index (Phi) is 11.9. The van der Waals surface area contributed by atoms with Gasteiger partial charge in [0.1, 0.15) is 0 Å². The fourth-order valence-electron chi connectivity index (χ4n) is 1.37.